The predicted octanol–water partition coefficient (Wildman–Crippen LogP) is 0.989. The topological polar surface area (TPSA) is 124 Å². The minimum absolute atomic E-state index is 0.0682. The van der Waals surface area contributed by atoms with Crippen LogP contribution < -0.4 is 10.6 Å². The Morgan fingerprint density at radius 1 is 1.33 bits per heavy atom. The molecule has 1 aromatic heterocycles. The van der Waals surface area contributed by atoms with Crippen LogP contribution in [0.4, 0.5) is 5.82 Å². The second kappa shape index (κ2) is 6.87. The highest BCUT2D eigenvalue weighted by atomic mass is 16.4. The molecule has 0 unspecified atom stereocenters. The zero-order valence-corrected chi connectivity index (χ0v) is 12.3. The lowest BCUT2D eigenvalue weighted by molar-refractivity contribution is -0.128. The Kier molecular flexibility index (Phi) is 5.45. The minimum atomic E-state index is -1.15. The lowest BCUT2D eigenvalue weighted by Crippen LogP contribution is -2.35. The maximum atomic E-state index is 11.6. The zero-order chi connectivity index (χ0) is 16.0. The Hall–Kier alpha value is -2.38. The molecule has 0 aromatic carbocycles. The van der Waals surface area contributed by atoms with Crippen LogP contribution in [0.15, 0.2) is 6.07 Å². The molecule has 21 heavy (non-hydrogen) atoms. The quantitative estimate of drug-likeness (QED) is 0.583. The van der Waals surface area contributed by atoms with Crippen molar-refractivity contribution in [2.45, 2.75) is 33.6 Å². The molecule has 1 rings (SSSR count). The number of anilines is 1. The molecule has 0 fully saturated rings. The molecule has 4 N–H and O–H groups in total. The lowest BCUT2D eigenvalue weighted by Gasteiger charge is -2.17. The van der Waals surface area contributed by atoms with Crippen molar-refractivity contribution in [2.24, 2.45) is 5.41 Å². The SMILES string of the molecule is CC(C)(C)C(=O)NCCCC(=O)Nc1cc(C(=O)O)[nH]n1. The fourth-order valence-corrected chi connectivity index (χ4v) is 1.42. The van der Waals surface area contributed by atoms with Crippen molar-refractivity contribution in [2.75, 3.05) is 11.9 Å². The molecule has 2 amide bonds. The fraction of sp³-hybridized carbons (Fsp3) is 0.538. The largest absolute Gasteiger partial charge is 0.477 e. The Bertz CT molecular complexity index is 531. The van der Waals surface area contributed by atoms with Crippen molar-refractivity contribution < 1.29 is 19.5 Å². The second-order valence-corrected chi connectivity index (χ2v) is 5.63. The highest BCUT2D eigenvalue weighted by Crippen LogP contribution is 2.12. The number of rotatable bonds is 6. The Morgan fingerprint density at radius 3 is 2.52 bits per heavy atom. The number of nitrogens with one attached hydrogen (secondary N) is 3. The van der Waals surface area contributed by atoms with Gasteiger partial charge in [-0.3, -0.25) is 14.7 Å². The molecule has 0 atom stereocenters. The molecular formula is C13H20N4O4. The van der Waals surface area contributed by atoms with Crippen LogP contribution >= 0.6 is 0 Å². The van der Waals surface area contributed by atoms with E-state index >= 15 is 0 Å². The van der Waals surface area contributed by atoms with Crippen molar-refractivity contribution in [3.8, 4) is 0 Å². The van der Waals surface area contributed by atoms with Gasteiger partial charge in [-0.25, -0.2) is 4.79 Å². The number of amides is 2. The van der Waals surface area contributed by atoms with Gasteiger partial charge in [-0.2, -0.15) is 5.10 Å². The van der Waals surface area contributed by atoms with Gasteiger partial charge < -0.3 is 15.7 Å². The molecule has 0 saturated heterocycles. The van der Waals surface area contributed by atoms with E-state index in [0.29, 0.717) is 13.0 Å². The Morgan fingerprint density at radius 2 is 2.00 bits per heavy atom. The maximum absolute atomic E-state index is 11.6. The van der Waals surface area contributed by atoms with Gasteiger partial charge in [0.1, 0.15) is 5.69 Å². The molecule has 116 valence electrons. The van der Waals surface area contributed by atoms with E-state index in [-0.39, 0.29) is 29.7 Å². The van der Waals surface area contributed by atoms with Crippen LogP contribution in [0.2, 0.25) is 0 Å². The first-order valence-corrected chi connectivity index (χ1v) is 6.57. The van der Waals surface area contributed by atoms with E-state index in [2.05, 4.69) is 20.8 Å². The molecule has 8 heteroatoms. The first-order valence-electron chi connectivity index (χ1n) is 6.57. The van der Waals surface area contributed by atoms with Gasteiger partial charge >= 0.3 is 5.97 Å². The lowest BCUT2D eigenvalue weighted by atomic mass is 9.96. The van der Waals surface area contributed by atoms with E-state index in [1.165, 1.54) is 6.07 Å². The van der Waals surface area contributed by atoms with Crippen molar-refractivity contribution in [3.63, 3.8) is 0 Å². The number of aromatic amines is 1. The summed E-state index contributed by atoms with van der Waals surface area (Å²) in [6.45, 7) is 5.84. The molecular weight excluding hydrogens is 276 g/mol. The molecule has 0 aliphatic rings. The summed E-state index contributed by atoms with van der Waals surface area (Å²) < 4.78 is 0. The summed E-state index contributed by atoms with van der Waals surface area (Å²) in [5, 5.41) is 19.9. The monoisotopic (exact) mass is 296 g/mol. The maximum Gasteiger partial charge on any atom is 0.353 e. The molecule has 1 heterocycles. The number of H-pyrrole nitrogens is 1. The van der Waals surface area contributed by atoms with Crippen LogP contribution in [-0.2, 0) is 9.59 Å². The standard InChI is InChI=1S/C13H20N4O4/c1-13(2,3)12(21)14-6-4-5-10(18)15-9-7-8(11(19)20)16-17-9/h7H,4-6H2,1-3H3,(H,14,21)(H,19,20)(H2,15,16,17,18). The van der Waals surface area contributed by atoms with Crippen molar-refractivity contribution >= 4 is 23.6 Å². The summed E-state index contributed by atoms with van der Waals surface area (Å²) in [5.74, 6) is -1.34. The van der Waals surface area contributed by atoms with Gasteiger partial charge in [0.2, 0.25) is 11.8 Å². The number of nitrogens with zero attached hydrogens (tertiary/aromatic N) is 1. The molecule has 0 aliphatic carbocycles. The zero-order valence-electron chi connectivity index (χ0n) is 12.3. The first-order chi connectivity index (χ1) is 9.70. The normalized spacial score (nSPS) is 11.0. The number of carbonyl (C=O) groups excluding carboxylic acids is 2. The highest BCUT2D eigenvalue weighted by Gasteiger charge is 2.20. The average Bonchev–Trinajstić information content (AvgIpc) is 2.81. The second-order valence-electron chi connectivity index (χ2n) is 5.63. The van der Waals surface area contributed by atoms with Crippen LogP contribution in [0.25, 0.3) is 0 Å². The summed E-state index contributed by atoms with van der Waals surface area (Å²) in [6.07, 6.45) is 0.698. The van der Waals surface area contributed by atoms with Crippen LogP contribution in [-0.4, -0.2) is 39.6 Å². The number of aromatic nitrogens is 2. The molecule has 0 aliphatic heterocycles. The van der Waals surface area contributed by atoms with Crippen LogP contribution in [0.3, 0.4) is 0 Å². The van der Waals surface area contributed by atoms with Gasteiger partial charge in [-0.1, -0.05) is 20.8 Å². The summed E-state index contributed by atoms with van der Waals surface area (Å²) in [5.41, 5.74) is -0.549. The van der Waals surface area contributed by atoms with Crippen LogP contribution in [0.5, 0.6) is 0 Å². The smallest absolute Gasteiger partial charge is 0.353 e. The van der Waals surface area contributed by atoms with Crippen molar-refractivity contribution in [3.05, 3.63) is 11.8 Å². The number of carbonyl (C=O) groups is 3. The Labute approximate surface area is 122 Å². The van der Waals surface area contributed by atoms with Gasteiger partial charge in [0.05, 0.1) is 0 Å². The first kappa shape index (κ1) is 16.7. The Balaban J connectivity index is 2.28. The highest BCUT2D eigenvalue weighted by molar-refractivity contribution is 5.92. The van der Waals surface area contributed by atoms with E-state index in [1.807, 2.05) is 20.8 Å². The number of hydrogen-bond donors (Lipinski definition) is 4. The third-order valence-corrected chi connectivity index (χ3v) is 2.62. The van der Waals surface area contributed by atoms with Gasteiger partial charge in [0, 0.05) is 24.4 Å². The van der Waals surface area contributed by atoms with Gasteiger partial charge in [0.25, 0.3) is 0 Å². The number of carboxylic acid groups (broad SMARTS) is 1. The van der Waals surface area contributed by atoms with Gasteiger partial charge in [-0.15, -0.1) is 0 Å². The molecule has 0 spiro atoms. The molecule has 1 aromatic rings. The van der Waals surface area contributed by atoms with E-state index < -0.39 is 11.4 Å². The predicted molar refractivity (Wildman–Crippen MR) is 75.9 cm³/mol. The van der Waals surface area contributed by atoms with Crippen molar-refractivity contribution in [1.29, 1.82) is 0 Å². The van der Waals surface area contributed by atoms with Crippen molar-refractivity contribution in [1.82, 2.24) is 15.5 Å². The summed E-state index contributed by atoms with van der Waals surface area (Å²) in [6, 6.07) is 1.24. The summed E-state index contributed by atoms with van der Waals surface area (Å²) in [4.78, 5) is 33.8. The minimum Gasteiger partial charge on any atom is -0.477 e. The summed E-state index contributed by atoms with van der Waals surface area (Å²) >= 11 is 0. The number of aromatic carboxylic acids is 1. The van der Waals surface area contributed by atoms with E-state index in [1.54, 1.807) is 0 Å². The van der Waals surface area contributed by atoms with Gasteiger partial charge in [0.15, 0.2) is 5.82 Å². The van der Waals surface area contributed by atoms with E-state index in [0.717, 1.165) is 0 Å². The number of carboxylic acids is 1. The average molecular weight is 296 g/mol. The van der Waals surface area contributed by atoms with Gasteiger partial charge in [-0.05, 0) is 6.42 Å². The fourth-order valence-electron chi connectivity index (χ4n) is 1.42. The molecule has 0 saturated carbocycles. The molecule has 0 bridgehead atoms. The third-order valence-electron chi connectivity index (χ3n) is 2.62. The summed E-state index contributed by atoms with van der Waals surface area (Å²) in [7, 11) is 0. The molecule has 0 radical (unpaired) electrons. The van der Waals surface area contributed by atoms with E-state index in [4.69, 9.17) is 5.11 Å². The molecule has 8 nitrogen and oxygen atoms in total. The van der Waals surface area contributed by atoms with E-state index in [9.17, 15) is 14.4 Å². The van der Waals surface area contributed by atoms with Crippen LogP contribution in [0, 0.1) is 5.41 Å². The number of hydrogen-bond acceptors (Lipinski definition) is 4. The van der Waals surface area contributed by atoms with Crippen LogP contribution in [0.1, 0.15) is 44.1 Å². The third kappa shape index (κ3) is 5.64.